The third-order valence-corrected chi connectivity index (χ3v) is 4.33. The molecule has 0 unspecified atom stereocenters. The second-order valence-corrected chi connectivity index (χ2v) is 7.20. The molecule has 0 aliphatic carbocycles. The number of hydrogen-bond acceptors (Lipinski definition) is 2. The van der Waals surface area contributed by atoms with Crippen LogP contribution in [-0.2, 0) is 5.54 Å². The van der Waals surface area contributed by atoms with E-state index in [1.54, 1.807) is 11.3 Å². The Hall–Kier alpha value is -2.20. The molecule has 0 saturated carbocycles. The quantitative estimate of drug-likeness (QED) is 0.604. The van der Waals surface area contributed by atoms with Gasteiger partial charge in [0.15, 0.2) is 4.80 Å². The van der Waals surface area contributed by atoms with Gasteiger partial charge in [-0.15, -0.1) is 11.3 Å². The maximum Gasteiger partial charge on any atom is 0.190 e. The van der Waals surface area contributed by atoms with Gasteiger partial charge in [-0.2, -0.15) is 0 Å². The molecule has 0 atom stereocenters. The number of rotatable bonds is 2. The van der Waals surface area contributed by atoms with Gasteiger partial charge in [0.25, 0.3) is 0 Å². The molecule has 2 aromatic carbocycles. The van der Waals surface area contributed by atoms with E-state index in [0.717, 1.165) is 21.7 Å². The molecule has 0 saturated heterocycles. The third kappa shape index (κ3) is 3.42. The van der Waals surface area contributed by atoms with Gasteiger partial charge in [-0.05, 0) is 62.7 Å². The summed E-state index contributed by atoms with van der Waals surface area (Å²) in [4.78, 5) is 5.71. The van der Waals surface area contributed by atoms with Crippen LogP contribution in [-0.4, -0.2) is 4.57 Å². The van der Waals surface area contributed by atoms with E-state index in [4.69, 9.17) is 4.99 Å². The fraction of sp³-hybridized carbons (Fsp3) is 0.211. The van der Waals surface area contributed by atoms with Crippen LogP contribution in [0.3, 0.4) is 0 Å². The van der Waals surface area contributed by atoms with Crippen LogP contribution < -0.4 is 4.80 Å². The highest BCUT2D eigenvalue weighted by Crippen LogP contribution is 2.26. The highest BCUT2D eigenvalue weighted by atomic mass is 32.1. The van der Waals surface area contributed by atoms with Gasteiger partial charge >= 0.3 is 0 Å². The van der Waals surface area contributed by atoms with Crippen molar-refractivity contribution in [2.24, 2.45) is 4.99 Å². The van der Waals surface area contributed by atoms with Crippen molar-refractivity contribution in [2.75, 3.05) is 0 Å². The first-order valence-corrected chi connectivity index (χ1v) is 8.40. The van der Waals surface area contributed by atoms with Crippen LogP contribution in [0.15, 0.2) is 65.0 Å². The molecule has 0 aliphatic heterocycles. The maximum absolute atomic E-state index is 13.2. The fourth-order valence-electron chi connectivity index (χ4n) is 2.47. The molecule has 0 amide bonds. The number of para-hydroxylation sites is 1. The Bertz CT molecular complexity index is 853. The first-order chi connectivity index (χ1) is 10.9. The molecule has 23 heavy (non-hydrogen) atoms. The van der Waals surface area contributed by atoms with Crippen LogP contribution in [0.2, 0.25) is 0 Å². The van der Waals surface area contributed by atoms with E-state index in [0.29, 0.717) is 0 Å². The molecule has 118 valence electrons. The zero-order chi connectivity index (χ0) is 16.4. The predicted molar refractivity (Wildman–Crippen MR) is 94.4 cm³/mol. The molecular formula is C19H19FN2S. The van der Waals surface area contributed by atoms with E-state index in [2.05, 4.69) is 30.7 Å². The van der Waals surface area contributed by atoms with E-state index in [-0.39, 0.29) is 11.4 Å². The van der Waals surface area contributed by atoms with Crippen LogP contribution in [0.4, 0.5) is 10.1 Å². The normalized spacial score (nSPS) is 12.6. The molecule has 1 heterocycles. The van der Waals surface area contributed by atoms with E-state index in [9.17, 15) is 4.39 Å². The zero-order valence-electron chi connectivity index (χ0n) is 13.5. The summed E-state index contributed by atoms with van der Waals surface area (Å²) in [5.74, 6) is -0.222. The van der Waals surface area contributed by atoms with Crippen molar-refractivity contribution in [1.29, 1.82) is 0 Å². The average molecular weight is 326 g/mol. The molecule has 4 heteroatoms. The maximum atomic E-state index is 13.2. The summed E-state index contributed by atoms with van der Waals surface area (Å²) in [6.07, 6.45) is 0. The van der Waals surface area contributed by atoms with Crippen molar-refractivity contribution in [3.05, 3.63) is 70.6 Å². The summed E-state index contributed by atoms with van der Waals surface area (Å²) >= 11 is 1.60. The molecule has 1 aromatic heterocycles. The predicted octanol–water partition coefficient (Wildman–Crippen LogP) is 5.34. The molecule has 3 aromatic rings. The summed E-state index contributed by atoms with van der Waals surface area (Å²) in [7, 11) is 0. The minimum absolute atomic E-state index is 0.128. The van der Waals surface area contributed by atoms with E-state index in [1.165, 1.54) is 12.1 Å². The van der Waals surface area contributed by atoms with Crippen molar-refractivity contribution in [2.45, 2.75) is 26.3 Å². The minimum atomic E-state index is -0.222. The van der Waals surface area contributed by atoms with Crippen molar-refractivity contribution in [1.82, 2.24) is 4.57 Å². The van der Waals surface area contributed by atoms with Gasteiger partial charge in [-0.3, -0.25) is 0 Å². The highest BCUT2D eigenvalue weighted by molar-refractivity contribution is 7.07. The molecular weight excluding hydrogens is 307 g/mol. The van der Waals surface area contributed by atoms with E-state index < -0.39 is 0 Å². The topological polar surface area (TPSA) is 17.3 Å². The number of nitrogens with zero attached hydrogens (tertiary/aromatic N) is 2. The first kappa shape index (κ1) is 15.7. The first-order valence-electron chi connectivity index (χ1n) is 7.52. The Kier molecular flexibility index (Phi) is 4.18. The lowest BCUT2D eigenvalue weighted by atomic mass is 10.1. The Balaban J connectivity index is 2.20. The number of halogens is 1. The monoisotopic (exact) mass is 326 g/mol. The van der Waals surface area contributed by atoms with Gasteiger partial charge in [0.05, 0.1) is 11.4 Å². The van der Waals surface area contributed by atoms with Crippen LogP contribution in [0.1, 0.15) is 20.8 Å². The van der Waals surface area contributed by atoms with Crippen LogP contribution in [0.25, 0.3) is 11.3 Å². The summed E-state index contributed by atoms with van der Waals surface area (Å²) in [6.45, 7) is 6.45. The van der Waals surface area contributed by atoms with E-state index in [1.807, 2.05) is 42.5 Å². The van der Waals surface area contributed by atoms with Crippen molar-refractivity contribution >= 4 is 17.0 Å². The Morgan fingerprint density at radius 2 is 1.61 bits per heavy atom. The Labute approximate surface area is 139 Å². The van der Waals surface area contributed by atoms with Crippen molar-refractivity contribution in [3.63, 3.8) is 0 Å². The number of thiazole rings is 1. The minimum Gasteiger partial charge on any atom is -0.311 e. The fourth-order valence-corrected chi connectivity index (χ4v) is 3.57. The Morgan fingerprint density at radius 3 is 2.22 bits per heavy atom. The number of hydrogen-bond donors (Lipinski definition) is 0. The third-order valence-electron chi connectivity index (χ3n) is 3.50. The molecule has 0 aliphatic rings. The van der Waals surface area contributed by atoms with Gasteiger partial charge in [-0.25, -0.2) is 9.38 Å². The average Bonchev–Trinajstić information content (AvgIpc) is 2.93. The molecule has 0 N–H and O–H groups in total. The van der Waals surface area contributed by atoms with Gasteiger partial charge in [0.1, 0.15) is 5.82 Å². The van der Waals surface area contributed by atoms with Crippen molar-refractivity contribution in [3.8, 4) is 11.3 Å². The van der Waals surface area contributed by atoms with Crippen molar-refractivity contribution < 1.29 is 4.39 Å². The van der Waals surface area contributed by atoms with Gasteiger partial charge < -0.3 is 4.57 Å². The van der Waals surface area contributed by atoms with Gasteiger partial charge in [0, 0.05) is 10.9 Å². The summed E-state index contributed by atoms with van der Waals surface area (Å²) in [5, 5.41) is 2.08. The van der Waals surface area contributed by atoms with Gasteiger partial charge in [0.2, 0.25) is 0 Å². The van der Waals surface area contributed by atoms with Gasteiger partial charge in [-0.1, -0.05) is 18.2 Å². The highest BCUT2D eigenvalue weighted by Gasteiger charge is 2.20. The van der Waals surface area contributed by atoms with Crippen LogP contribution in [0, 0.1) is 5.82 Å². The Morgan fingerprint density at radius 1 is 0.957 bits per heavy atom. The lowest BCUT2D eigenvalue weighted by Crippen LogP contribution is -2.31. The molecule has 2 nitrogen and oxygen atoms in total. The lowest BCUT2D eigenvalue weighted by Gasteiger charge is -2.24. The second kappa shape index (κ2) is 6.13. The molecule has 0 radical (unpaired) electrons. The smallest absolute Gasteiger partial charge is 0.190 e. The summed E-state index contributed by atoms with van der Waals surface area (Å²) in [6, 6.07) is 16.5. The molecule has 0 bridgehead atoms. The number of aromatic nitrogens is 1. The number of benzene rings is 2. The lowest BCUT2D eigenvalue weighted by molar-refractivity contribution is 0.392. The summed E-state index contributed by atoms with van der Waals surface area (Å²) in [5.41, 5.74) is 2.85. The second-order valence-electron chi connectivity index (χ2n) is 6.36. The van der Waals surface area contributed by atoms with Crippen LogP contribution >= 0.6 is 11.3 Å². The molecule has 0 fully saturated rings. The van der Waals surface area contributed by atoms with E-state index >= 15 is 0 Å². The summed E-state index contributed by atoms with van der Waals surface area (Å²) < 4.78 is 15.4. The largest absolute Gasteiger partial charge is 0.311 e. The zero-order valence-corrected chi connectivity index (χ0v) is 14.3. The SMILES string of the molecule is CC(C)(C)n1c(-c2ccc(F)cc2)csc1=Nc1ccccc1. The standard InChI is InChI=1S/C19H19FN2S/c1-19(2,3)22-17(14-9-11-15(20)12-10-14)13-23-18(22)21-16-7-5-4-6-8-16/h4-13H,1-3H3. The van der Waals surface area contributed by atoms with Crippen LogP contribution in [0.5, 0.6) is 0 Å². The molecule has 3 rings (SSSR count). The molecule has 0 spiro atoms.